The van der Waals surface area contributed by atoms with Gasteiger partial charge in [-0.3, -0.25) is 4.90 Å². The van der Waals surface area contributed by atoms with Gasteiger partial charge in [-0.2, -0.15) is 0 Å². The van der Waals surface area contributed by atoms with Crippen LogP contribution in [-0.4, -0.2) is 49.3 Å². The molecule has 2 N–H and O–H groups in total. The molecule has 3 unspecified atom stereocenters. The molecule has 1 aliphatic heterocycles. The molecule has 0 bridgehead atoms. The topological polar surface area (TPSA) is 81.9 Å². The summed E-state index contributed by atoms with van der Waals surface area (Å²) in [5.74, 6) is -0.383. The van der Waals surface area contributed by atoms with E-state index in [9.17, 15) is 9.59 Å². The average Bonchev–Trinajstić information content (AvgIpc) is 3.05. The molecular weight excluding hydrogens is 212 g/mol. The number of hydrogen-bond acceptors (Lipinski definition) is 5. The number of rotatable bonds is 1. The number of likely N-dealkylation sites (tertiary alicyclic amines) is 1. The number of ether oxygens (including phenoxy) is 2. The quantitative estimate of drug-likeness (QED) is 0.624. The van der Waals surface area contributed by atoms with Gasteiger partial charge in [0.05, 0.1) is 14.2 Å². The summed E-state index contributed by atoms with van der Waals surface area (Å²) in [6.45, 7) is 0.444. The maximum atomic E-state index is 11.8. The highest BCUT2D eigenvalue weighted by molar-refractivity contribution is 5.90. The molecule has 0 aromatic carbocycles. The largest absolute Gasteiger partial charge is 0.467 e. The number of fused-ring (bicyclic) bond motifs is 1. The van der Waals surface area contributed by atoms with Crippen molar-refractivity contribution in [3.05, 3.63) is 0 Å². The van der Waals surface area contributed by atoms with Gasteiger partial charge in [0.15, 0.2) is 0 Å². The first-order chi connectivity index (χ1) is 7.57. The van der Waals surface area contributed by atoms with E-state index < -0.39 is 17.6 Å². The van der Waals surface area contributed by atoms with Crippen LogP contribution in [0.2, 0.25) is 0 Å². The van der Waals surface area contributed by atoms with Crippen molar-refractivity contribution < 1.29 is 19.1 Å². The fourth-order valence-corrected chi connectivity index (χ4v) is 2.66. The predicted octanol–water partition coefficient (Wildman–Crippen LogP) is -0.282. The van der Waals surface area contributed by atoms with Crippen LogP contribution in [0.3, 0.4) is 0 Å². The monoisotopic (exact) mass is 228 g/mol. The zero-order valence-corrected chi connectivity index (χ0v) is 9.43. The third-order valence-electron chi connectivity index (χ3n) is 3.60. The van der Waals surface area contributed by atoms with Gasteiger partial charge in [0.25, 0.3) is 0 Å². The van der Waals surface area contributed by atoms with Crippen molar-refractivity contribution in [2.24, 2.45) is 11.7 Å². The van der Waals surface area contributed by atoms with E-state index >= 15 is 0 Å². The maximum absolute atomic E-state index is 11.8. The van der Waals surface area contributed by atoms with Gasteiger partial charge in [0.1, 0.15) is 5.54 Å². The Balaban J connectivity index is 2.26. The van der Waals surface area contributed by atoms with E-state index in [2.05, 4.69) is 4.74 Å². The Kier molecular flexibility index (Phi) is 2.53. The summed E-state index contributed by atoms with van der Waals surface area (Å²) in [4.78, 5) is 24.8. The van der Waals surface area contributed by atoms with Crippen molar-refractivity contribution in [3.8, 4) is 0 Å². The van der Waals surface area contributed by atoms with Crippen molar-refractivity contribution in [1.82, 2.24) is 4.90 Å². The SMILES string of the molecule is COC(=O)N1CCC(N)C2CC21C(=O)OC. The van der Waals surface area contributed by atoms with E-state index in [0.29, 0.717) is 19.4 Å². The van der Waals surface area contributed by atoms with E-state index in [-0.39, 0.29) is 12.0 Å². The lowest BCUT2D eigenvalue weighted by Gasteiger charge is -2.35. The standard InChI is InChI=1S/C10H16N2O4/c1-15-8(13)10-5-6(10)7(11)3-4-12(10)9(14)16-2/h6-7H,3-5,11H2,1-2H3. The molecule has 0 aromatic heterocycles. The molecule has 3 atom stereocenters. The lowest BCUT2D eigenvalue weighted by molar-refractivity contribution is -0.149. The lowest BCUT2D eigenvalue weighted by atomic mass is 9.98. The van der Waals surface area contributed by atoms with Gasteiger partial charge in [0, 0.05) is 18.5 Å². The molecule has 2 rings (SSSR count). The molecule has 2 fully saturated rings. The van der Waals surface area contributed by atoms with Crippen molar-refractivity contribution in [3.63, 3.8) is 0 Å². The maximum Gasteiger partial charge on any atom is 0.410 e. The van der Waals surface area contributed by atoms with Crippen molar-refractivity contribution >= 4 is 12.1 Å². The summed E-state index contributed by atoms with van der Waals surface area (Å²) < 4.78 is 9.44. The van der Waals surface area contributed by atoms with Gasteiger partial charge in [-0.15, -0.1) is 0 Å². The molecule has 0 aromatic rings. The van der Waals surface area contributed by atoms with E-state index in [0.717, 1.165) is 0 Å². The summed E-state index contributed by atoms with van der Waals surface area (Å²) >= 11 is 0. The van der Waals surface area contributed by atoms with Crippen LogP contribution in [0, 0.1) is 5.92 Å². The molecule has 1 amide bonds. The van der Waals surface area contributed by atoms with Crippen LogP contribution >= 0.6 is 0 Å². The number of carbonyl (C=O) groups is 2. The summed E-state index contributed by atoms with van der Waals surface area (Å²) in [5, 5.41) is 0. The van der Waals surface area contributed by atoms with E-state index in [4.69, 9.17) is 10.5 Å². The minimum atomic E-state index is -0.862. The second-order valence-electron chi connectivity index (χ2n) is 4.30. The average molecular weight is 228 g/mol. The number of carbonyl (C=O) groups excluding carboxylic acids is 2. The number of hydrogen-bond donors (Lipinski definition) is 1. The van der Waals surface area contributed by atoms with Gasteiger partial charge in [0.2, 0.25) is 0 Å². The highest BCUT2D eigenvalue weighted by Gasteiger charge is 2.70. The molecule has 0 spiro atoms. The second-order valence-corrected chi connectivity index (χ2v) is 4.30. The Morgan fingerprint density at radius 2 is 2.06 bits per heavy atom. The number of nitrogens with zero attached hydrogens (tertiary/aromatic N) is 1. The number of amides is 1. The molecular formula is C10H16N2O4. The highest BCUT2D eigenvalue weighted by atomic mass is 16.5. The molecule has 6 nitrogen and oxygen atoms in total. The van der Waals surface area contributed by atoms with Crippen molar-refractivity contribution in [2.45, 2.75) is 24.4 Å². The molecule has 1 aliphatic carbocycles. The van der Waals surface area contributed by atoms with E-state index in [1.54, 1.807) is 0 Å². The highest BCUT2D eigenvalue weighted by Crippen LogP contribution is 2.54. The van der Waals surface area contributed by atoms with E-state index in [1.165, 1.54) is 19.1 Å². The minimum absolute atomic E-state index is 0.00722. The zero-order valence-electron chi connectivity index (χ0n) is 9.43. The van der Waals surface area contributed by atoms with Crippen molar-refractivity contribution in [2.75, 3.05) is 20.8 Å². The van der Waals surface area contributed by atoms with Gasteiger partial charge < -0.3 is 15.2 Å². The fourth-order valence-electron chi connectivity index (χ4n) is 2.66. The van der Waals surface area contributed by atoms with Crippen LogP contribution in [0.15, 0.2) is 0 Å². The van der Waals surface area contributed by atoms with Gasteiger partial charge >= 0.3 is 12.1 Å². The van der Waals surface area contributed by atoms with Gasteiger partial charge in [-0.05, 0) is 12.8 Å². The normalized spacial score (nSPS) is 36.3. The number of esters is 1. The van der Waals surface area contributed by atoms with Crippen LogP contribution < -0.4 is 5.73 Å². The first-order valence-corrected chi connectivity index (χ1v) is 5.27. The predicted molar refractivity (Wildman–Crippen MR) is 54.6 cm³/mol. The first-order valence-electron chi connectivity index (χ1n) is 5.27. The smallest absolute Gasteiger partial charge is 0.410 e. The summed E-state index contributed by atoms with van der Waals surface area (Å²) in [6, 6.07) is -0.0417. The fraction of sp³-hybridized carbons (Fsp3) is 0.800. The summed E-state index contributed by atoms with van der Waals surface area (Å²) in [5.41, 5.74) is 5.05. The Labute approximate surface area is 93.7 Å². The first kappa shape index (κ1) is 11.2. The lowest BCUT2D eigenvalue weighted by Crippen LogP contribution is -2.55. The van der Waals surface area contributed by atoms with Gasteiger partial charge in [-0.1, -0.05) is 0 Å². The van der Waals surface area contributed by atoms with Crippen molar-refractivity contribution in [1.29, 1.82) is 0 Å². The Bertz CT molecular complexity index is 333. The number of methoxy groups -OCH3 is 2. The summed E-state index contributed by atoms with van der Waals surface area (Å²) in [6.07, 6.45) is 0.786. The van der Waals surface area contributed by atoms with Crippen LogP contribution in [0.4, 0.5) is 4.79 Å². The molecule has 2 aliphatic rings. The number of nitrogens with two attached hydrogens (primary N) is 1. The minimum Gasteiger partial charge on any atom is -0.467 e. The Hall–Kier alpha value is -1.30. The molecule has 1 heterocycles. The van der Waals surface area contributed by atoms with Gasteiger partial charge in [-0.25, -0.2) is 9.59 Å². The van der Waals surface area contributed by atoms with Crippen LogP contribution in [0.1, 0.15) is 12.8 Å². The molecule has 0 radical (unpaired) electrons. The molecule has 1 saturated carbocycles. The molecule has 1 saturated heterocycles. The third-order valence-corrected chi connectivity index (χ3v) is 3.60. The second kappa shape index (κ2) is 3.62. The Morgan fingerprint density at radius 3 is 2.62 bits per heavy atom. The molecule has 90 valence electrons. The zero-order chi connectivity index (χ0) is 11.9. The van der Waals surface area contributed by atoms with Crippen LogP contribution in [-0.2, 0) is 14.3 Å². The van der Waals surface area contributed by atoms with Crippen LogP contribution in [0.5, 0.6) is 0 Å². The Morgan fingerprint density at radius 1 is 1.38 bits per heavy atom. The number of piperidine rings is 1. The summed E-state index contributed by atoms with van der Waals surface area (Å²) in [7, 11) is 2.63. The van der Waals surface area contributed by atoms with E-state index in [1.807, 2.05) is 0 Å². The van der Waals surface area contributed by atoms with Crippen LogP contribution in [0.25, 0.3) is 0 Å². The molecule has 16 heavy (non-hydrogen) atoms. The molecule has 6 heteroatoms. The third kappa shape index (κ3) is 1.29.